The molecule has 1 fully saturated rings. The molecule has 5 nitrogen and oxygen atoms in total. The Morgan fingerprint density at radius 3 is 2.59 bits per heavy atom. The number of nitriles is 1. The van der Waals surface area contributed by atoms with Crippen LogP contribution in [0.1, 0.15) is 5.69 Å². The Kier molecular flexibility index (Phi) is 4.10. The minimum Gasteiger partial charge on any atom is -0.497 e. The predicted octanol–water partition coefficient (Wildman–Crippen LogP) is 2.29. The Morgan fingerprint density at radius 2 is 1.86 bits per heavy atom. The van der Waals surface area contributed by atoms with E-state index in [0.717, 1.165) is 37.6 Å². The van der Waals surface area contributed by atoms with E-state index in [9.17, 15) is 5.26 Å². The zero-order valence-corrected chi connectivity index (χ0v) is 12.6. The maximum Gasteiger partial charge on any atom is 0.163 e. The summed E-state index contributed by atoms with van der Waals surface area (Å²) in [5.74, 6) is 0.874. The van der Waals surface area contributed by atoms with Gasteiger partial charge in [-0.05, 0) is 24.3 Å². The molecule has 5 heteroatoms. The number of benzene rings is 1. The lowest BCUT2D eigenvalue weighted by atomic mass is 10.2. The van der Waals surface area contributed by atoms with E-state index in [-0.39, 0.29) is 0 Å². The van der Waals surface area contributed by atoms with E-state index in [4.69, 9.17) is 4.74 Å². The summed E-state index contributed by atoms with van der Waals surface area (Å²) in [7, 11) is 1.68. The molecule has 1 aliphatic heterocycles. The average Bonchev–Trinajstić information content (AvgIpc) is 2.62. The van der Waals surface area contributed by atoms with E-state index < -0.39 is 0 Å². The topological polar surface area (TPSA) is 52.4 Å². The molecule has 0 radical (unpaired) electrons. The SMILES string of the molecule is COc1cccc(N2CCN(c3cccnc3C#N)CC2)c1. The summed E-state index contributed by atoms with van der Waals surface area (Å²) in [4.78, 5) is 8.70. The van der Waals surface area contributed by atoms with E-state index >= 15 is 0 Å². The molecular weight excluding hydrogens is 276 g/mol. The fourth-order valence-corrected chi connectivity index (χ4v) is 2.75. The van der Waals surface area contributed by atoms with Crippen LogP contribution in [0.25, 0.3) is 0 Å². The molecule has 0 unspecified atom stereocenters. The number of anilines is 2. The standard InChI is InChI=1S/C17H18N4O/c1-22-15-5-2-4-14(12-15)20-8-10-21(11-9-20)17-6-3-7-19-16(17)13-18/h2-7,12H,8-11H2,1H3. The van der Waals surface area contributed by atoms with Crippen LogP contribution in [0.4, 0.5) is 11.4 Å². The van der Waals surface area contributed by atoms with Gasteiger partial charge >= 0.3 is 0 Å². The molecule has 3 rings (SSSR count). The number of hydrogen-bond acceptors (Lipinski definition) is 5. The number of pyridine rings is 1. The summed E-state index contributed by atoms with van der Waals surface area (Å²) in [6, 6.07) is 14.1. The number of aromatic nitrogens is 1. The lowest BCUT2D eigenvalue weighted by molar-refractivity contribution is 0.414. The van der Waals surface area contributed by atoms with Gasteiger partial charge in [0.2, 0.25) is 0 Å². The first-order valence-electron chi connectivity index (χ1n) is 7.31. The minimum absolute atomic E-state index is 0.498. The van der Waals surface area contributed by atoms with E-state index in [0.29, 0.717) is 5.69 Å². The first-order valence-corrected chi connectivity index (χ1v) is 7.31. The number of hydrogen-bond donors (Lipinski definition) is 0. The molecular formula is C17H18N4O. The Morgan fingerprint density at radius 1 is 1.09 bits per heavy atom. The van der Waals surface area contributed by atoms with Crippen LogP contribution in [-0.2, 0) is 0 Å². The summed E-state index contributed by atoms with van der Waals surface area (Å²) in [6.07, 6.45) is 1.66. The van der Waals surface area contributed by atoms with Crippen LogP contribution < -0.4 is 14.5 Å². The molecule has 22 heavy (non-hydrogen) atoms. The highest BCUT2D eigenvalue weighted by atomic mass is 16.5. The molecule has 0 N–H and O–H groups in total. The zero-order valence-electron chi connectivity index (χ0n) is 12.6. The lowest BCUT2D eigenvalue weighted by Gasteiger charge is -2.37. The van der Waals surface area contributed by atoms with Crippen LogP contribution in [-0.4, -0.2) is 38.3 Å². The Labute approximate surface area is 130 Å². The van der Waals surface area contributed by atoms with Crippen LogP contribution in [0.3, 0.4) is 0 Å². The van der Waals surface area contributed by atoms with Crippen LogP contribution in [0.15, 0.2) is 42.6 Å². The predicted molar refractivity (Wildman–Crippen MR) is 86.4 cm³/mol. The van der Waals surface area contributed by atoms with Gasteiger partial charge in [0.15, 0.2) is 5.69 Å². The highest BCUT2D eigenvalue weighted by Crippen LogP contribution is 2.24. The fraction of sp³-hybridized carbons (Fsp3) is 0.294. The van der Waals surface area contributed by atoms with Crippen molar-refractivity contribution >= 4 is 11.4 Å². The molecule has 112 valence electrons. The van der Waals surface area contributed by atoms with E-state index in [1.165, 1.54) is 5.69 Å². The number of nitrogens with zero attached hydrogens (tertiary/aromatic N) is 4. The molecule has 0 aliphatic carbocycles. The smallest absolute Gasteiger partial charge is 0.163 e. The molecule has 2 heterocycles. The normalized spacial score (nSPS) is 14.5. The molecule has 0 saturated carbocycles. The first-order chi connectivity index (χ1) is 10.8. The van der Waals surface area contributed by atoms with Crippen LogP contribution >= 0.6 is 0 Å². The van der Waals surface area contributed by atoms with Gasteiger partial charge in [-0.1, -0.05) is 6.07 Å². The first kappa shape index (κ1) is 14.2. The molecule has 0 atom stereocenters. The Hall–Kier alpha value is -2.74. The maximum atomic E-state index is 9.17. The third-order valence-corrected chi connectivity index (χ3v) is 3.93. The van der Waals surface area contributed by atoms with Crippen LogP contribution in [0, 0.1) is 11.3 Å². The summed E-state index contributed by atoms with van der Waals surface area (Å²) in [5.41, 5.74) is 2.60. The van der Waals surface area contributed by atoms with Gasteiger partial charge in [-0.3, -0.25) is 0 Å². The molecule has 1 aromatic carbocycles. The van der Waals surface area contributed by atoms with Crippen molar-refractivity contribution in [1.29, 1.82) is 5.26 Å². The van der Waals surface area contributed by atoms with Crippen LogP contribution in [0.2, 0.25) is 0 Å². The molecule has 1 aliphatic rings. The molecule has 0 amide bonds. The third kappa shape index (κ3) is 2.82. The van der Waals surface area contributed by atoms with Gasteiger partial charge in [0.25, 0.3) is 0 Å². The molecule has 1 aromatic heterocycles. The average molecular weight is 294 g/mol. The van der Waals surface area contributed by atoms with Crippen molar-refractivity contribution in [3.8, 4) is 11.8 Å². The van der Waals surface area contributed by atoms with E-state index in [2.05, 4.69) is 33.0 Å². The van der Waals surface area contributed by atoms with Gasteiger partial charge in [0, 0.05) is 44.1 Å². The van der Waals surface area contributed by atoms with E-state index in [1.807, 2.05) is 24.3 Å². The maximum absolute atomic E-state index is 9.17. The Balaban J connectivity index is 1.71. The highest BCUT2D eigenvalue weighted by Gasteiger charge is 2.20. The second-order valence-corrected chi connectivity index (χ2v) is 5.16. The van der Waals surface area contributed by atoms with Crippen molar-refractivity contribution in [2.75, 3.05) is 43.1 Å². The van der Waals surface area contributed by atoms with Gasteiger partial charge in [0.1, 0.15) is 11.8 Å². The second kappa shape index (κ2) is 6.35. The van der Waals surface area contributed by atoms with Crippen molar-refractivity contribution in [2.45, 2.75) is 0 Å². The summed E-state index contributed by atoms with van der Waals surface area (Å²) >= 11 is 0. The minimum atomic E-state index is 0.498. The van der Waals surface area contributed by atoms with Crippen LogP contribution in [0.5, 0.6) is 5.75 Å². The largest absolute Gasteiger partial charge is 0.497 e. The fourth-order valence-electron chi connectivity index (χ4n) is 2.75. The van der Waals surface area contributed by atoms with Gasteiger partial charge < -0.3 is 14.5 Å². The monoisotopic (exact) mass is 294 g/mol. The third-order valence-electron chi connectivity index (χ3n) is 3.93. The molecule has 0 bridgehead atoms. The Bertz CT molecular complexity index is 687. The van der Waals surface area contributed by atoms with Gasteiger partial charge in [-0.15, -0.1) is 0 Å². The number of ether oxygens (including phenoxy) is 1. The number of rotatable bonds is 3. The highest BCUT2D eigenvalue weighted by molar-refractivity contribution is 5.58. The zero-order chi connectivity index (χ0) is 15.4. The van der Waals surface area contributed by atoms with Crippen molar-refractivity contribution in [3.63, 3.8) is 0 Å². The molecule has 0 spiro atoms. The van der Waals surface area contributed by atoms with Gasteiger partial charge in [0.05, 0.1) is 12.8 Å². The quantitative estimate of drug-likeness (QED) is 0.869. The van der Waals surface area contributed by atoms with Gasteiger partial charge in [-0.2, -0.15) is 5.26 Å². The van der Waals surface area contributed by atoms with E-state index in [1.54, 1.807) is 13.3 Å². The van der Waals surface area contributed by atoms with Crippen molar-refractivity contribution in [3.05, 3.63) is 48.3 Å². The second-order valence-electron chi connectivity index (χ2n) is 5.16. The summed E-state index contributed by atoms with van der Waals surface area (Å²) in [6.45, 7) is 3.56. The molecule has 1 saturated heterocycles. The van der Waals surface area contributed by atoms with Crippen molar-refractivity contribution in [1.82, 2.24) is 4.98 Å². The molecule has 2 aromatic rings. The number of methoxy groups -OCH3 is 1. The summed E-state index contributed by atoms with van der Waals surface area (Å²) < 4.78 is 5.28. The summed E-state index contributed by atoms with van der Waals surface area (Å²) in [5, 5.41) is 9.17. The number of piperazine rings is 1. The lowest BCUT2D eigenvalue weighted by Crippen LogP contribution is -2.46. The van der Waals surface area contributed by atoms with Gasteiger partial charge in [-0.25, -0.2) is 4.98 Å². The van der Waals surface area contributed by atoms with Crippen molar-refractivity contribution in [2.24, 2.45) is 0 Å². The van der Waals surface area contributed by atoms with Crippen molar-refractivity contribution < 1.29 is 4.74 Å².